The Morgan fingerprint density at radius 1 is 1.14 bits per heavy atom. The lowest BCUT2D eigenvalue weighted by Gasteiger charge is -2.26. The third-order valence-corrected chi connectivity index (χ3v) is 4.65. The Bertz CT molecular complexity index is 771. The molecule has 1 atom stereocenters. The van der Waals surface area contributed by atoms with Crippen molar-refractivity contribution < 1.29 is 19.1 Å². The van der Waals surface area contributed by atoms with Crippen LogP contribution in [0.2, 0.25) is 0 Å². The van der Waals surface area contributed by atoms with Gasteiger partial charge in [0, 0.05) is 24.4 Å². The minimum atomic E-state index is -0.206. The number of anilines is 1. The van der Waals surface area contributed by atoms with Crippen LogP contribution >= 0.6 is 0 Å². The first-order valence-electron chi connectivity index (χ1n) is 9.58. The van der Waals surface area contributed by atoms with E-state index in [1.807, 2.05) is 30.3 Å². The predicted molar refractivity (Wildman–Crippen MR) is 108 cm³/mol. The number of para-hydroxylation sites is 1. The summed E-state index contributed by atoms with van der Waals surface area (Å²) in [5, 5.41) is 2.90. The van der Waals surface area contributed by atoms with Crippen molar-refractivity contribution in [2.24, 2.45) is 0 Å². The zero-order valence-corrected chi connectivity index (χ0v) is 16.1. The van der Waals surface area contributed by atoms with Crippen LogP contribution < -0.4 is 10.1 Å². The number of benzene rings is 2. The van der Waals surface area contributed by atoms with Crippen molar-refractivity contribution in [1.29, 1.82) is 0 Å². The van der Waals surface area contributed by atoms with Crippen LogP contribution in [-0.2, 0) is 4.74 Å². The molecule has 3 rings (SSSR count). The van der Waals surface area contributed by atoms with Gasteiger partial charge in [0.1, 0.15) is 12.4 Å². The minimum absolute atomic E-state index is 0.00375. The van der Waals surface area contributed by atoms with Crippen LogP contribution in [0.25, 0.3) is 0 Å². The van der Waals surface area contributed by atoms with E-state index in [1.165, 1.54) is 6.92 Å². The quantitative estimate of drug-likeness (QED) is 0.701. The maximum atomic E-state index is 12.8. The number of nitrogens with zero attached hydrogens (tertiary/aromatic N) is 1. The largest absolute Gasteiger partial charge is 0.492 e. The molecule has 0 spiro atoms. The van der Waals surface area contributed by atoms with Gasteiger partial charge in [-0.25, -0.2) is 4.79 Å². The molecule has 0 aromatic heterocycles. The van der Waals surface area contributed by atoms with Crippen molar-refractivity contribution in [3.05, 3.63) is 60.2 Å². The maximum absolute atomic E-state index is 12.8. The average molecular weight is 382 g/mol. The number of ketones is 1. The summed E-state index contributed by atoms with van der Waals surface area (Å²) in [5.74, 6) is 0.774. The number of hydrogen-bond acceptors (Lipinski definition) is 4. The Morgan fingerprint density at radius 2 is 1.89 bits per heavy atom. The average Bonchev–Trinajstić information content (AvgIpc) is 3.21. The van der Waals surface area contributed by atoms with Crippen LogP contribution in [0.5, 0.6) is 5.75 Å². The van der Waals surface area contributed by atoms with Gasteiger partial charge in [-0.3, -0.25) is 4.79 Å². The molecule has 2 amide bonds. The van der Waals surface area contributed by atoms with Gasteiger partial charge in [-0.1, -0.05) is 18.2 Å². The molecule has 0 unspecified atom stereocenters. The molecule has 1 aliphatic rings. The van der Waals surface area contributed by atoms with Crippen molar-refractivity contribution in [1.82, 2.24) is 4.90 Å². The first-order chi connectivity index (χ1) is 13.6. The highest BCUT2D eigenvalue weighted by Gasteiger charge is 2.22. The third-order valence-electron chi connectivity index (χ3n) is 4.65. The van der Waals surface area contributed by atoms with Gasteiger partial charge in [-0.2, -0.15) is 0 Å². The second-order valence-corrected chi connectivity index (χ2v) is 6.81. The van der Waals surface area contributed by atoms with Gasteiger partial charge in [0.15, 0.2) is 5.78 Å². The van der Waals surface area contributed by atoms with E-state index in [1.54, 1.807) is 29.2 Å². The second-order valence-electron chi connectivity index (χ2n) is 6.81. The van der Waals surface area contributed by atoms with Crippen LogP contribution in [0.1, 0.15) is 30.1 Å². The van der Waals surface area contributed by atoms with E-state index in [2.05, 4.69) is 5.32 Å². The molecule has 0 bridgehead atoms. The highest BCUT2D eigenvalue weighted by molar-refractivity contribution is 5.95. The van der Waals surface area contributed by atoms with Crippen molar-refractivity contribution in [2.75, 3.05) is 31.6 Å². The summed E-state index contributed by atoms with van der Waals surface area (Å²) in [4.78, 5) is 25.9. The standard InChI is InChI=1S/C22H26N2O4/c1-17(25)18-9-11-19(12-10-18)23-22(26)24(16-21-8-5-14-27-21)13-15-28-20-6-3-2-4-7-20/h2-4,6-7,9-12,21H,5,8,13-16H2,1H3,(H,23,26)/t21-/m0/s1. The van der Waals surface area contributed by atoms with Gasteiger partial charge in [-0.15, -0.1) is 0 Å². The summed E-state index contributed by atoms with van der Waals surface area (Å²) in [7, 11) is 0. The molecule has 2 aromatic carbocycles. The number of amides is 2. The van der Waals surface area contributed by atoms with Crippen molar-refractivity contribution in [2.45, 2.75) is 25.9 Å². The van der Waals surface area contributed by atoms with Gasteiger partial charge in [0.25, 0.3) is 0 Å². The number of rotatable bonds is 8. The fourth-order valence-electron chi connectivity index (χ4n) is 3.09. The van der Waals surface area contributed by atoms with E-state index in [-0.39, 0.29) is 17.9 Å². The number of carbonyl (C=O) groups is 2. The third kappa shape index (κ3) is 5.82. The summed E-state index contributed by atoms with van der Waals surface area (Å²) in [6.07, 6.45) is 2.03. The lowest BCUT2D eigenvalue weighted by atomic mass is 10.1. The molecule has 148 valence electrons. The SMILES string of the molecule is CC(=O)c1ccc(NC(=O)N(CCOc2ccccc2)C[C@@H]2CCCO2)cc1. The van der Waals surface area contributed by atoms with E-state index in [0.29, 0.717) is 30.9 Å². The number of nitrogens with one attached hydrogen (secondary N) is 1. The maximum Gasteiger partial charge on any atom is 0.322 e. The zero-order valence-electron chi connectivity index (χ0n) is 16.1. The summed E-state index contributed by atoms with van der Waals surface area (Å²) < 4.78 is 11.4. The highest BCUT2D eigenvalue weighted by atomic mass is 16.5. The number of urea groups is 1. The van der Waals surface area contributed by atoms with E-state index < -0.39 is 0 Å². The van der Waals surface area contributed by atoms with Gasteiger partial charge >= 0.3 is 6.03 Å². The lowest BCUT2D eigenvalue weighted by molar-refractivity contribution is 0.0799. The fourth-order valence-corrected chi connectivity index (χ4v) is 3.09. The first-order valence-corrected chi connectivity index (χ1v) is 9.58. The van der Waals surface area contributed by atoms with Gasteiger partial charge < -0.3 is 19.7 Å². The summed E-state index contributed by atoms with van der Waals surface area (Å²) in [6, 6.07) is 16.2. The topological polar surface area (TPSA) is 67.9 Å². The molecule has 0 saturated carbocycles. The van der Waals surface area contributed by atoms with E-state index >= 15 is 0 Å². The molecule has 6 nitrogen and oxygen atoms in total. The second kappa shape index (κ2) is 9.90. The molecule has 0 aliphatic carbocycles. The molecular formula is C22H26N2O4. The number of Topliss-reactive ketones (excluding diaryl/α,β-unsaturated/α-hetero) is 1. The Balaban J connectivity index is 1.59. The van der Waals surface area contributed by atoms with Gasteiger partial charge in [0.2, 0.25) is 0 Å². The van der Waals surface area contributed by atoms with Crippen LogP contribution in [0.3, 0.4) is 0 Å². The molecule has 2 aromatic rings. The predicted octanol–water partition coefficient (Wildman–Crippen LogP) is 3.98. The van der Waals surface area contributed by atoms with Crippen LogP contribution in [-0.4, -0.2) is 49.1 Å². The molecule has 1 fully saturated rings. The molecule has 6 heteroatoms. The molecule has 1 saturated heterocycles. The van der Waals surface area contributed by atoms with E-state index in [9.17, 15) is 9.59 Å². The van der Waals surface area contributed by atoms with Crippen LogP contribution in [0.4, 0.5) is 10.5 Å². The number of hydrogen-bond donors (Lipinski definition) is 1. The zero-order chi connectivity index (χ0) is 19.8. The molecule has 1 aliphatic heterocycles. The summed E-state index contributed by atoms with van der Waals surface area (Å²) >= 11 is 0. The number of ether oxygens (including phenoxy) is 2. The fraction of sp³-hybridized carbons (Fsp3) is 0.364. The Hall–Kier alpha value is -2.86. The minimum Gasteiger partial charge on any atom is -0.492 e. The first kappa shape index (κ1) is 19.9. The lowest BCUT2D eigenvalue weighted by Crippen LogP contribution is -2.42. The summed E-state index contributed by atoms with van der Waals surface area (Å²) in [6.45, 7) is 3.63. The van der Waals surface area contributed by atoms with Crippen molar-refractivity contribution in [3.63, 3.8) is 0 Å². The normalized spacial score (nSPS) is 15.8. The van der Waals surface area contributed by atoms with Crippen molar-refractivity contribution in [3.8, 4) is 5.75 Å². The van der Waals surface area contributed by atoms with Crippen molar-refractivity contribution >= 4 is 17.5 Å². The molecule has 28 heavy (non-hydrogen) atoms. The van der Waals surface area contributed by atoms with Crippen LogP contribution in [0, 0.1) is 0 Å². The van der Waals surface area contributed by atoms with Gasteiger partial charge in [0.05, 0.1) is 12.6 Å². The summed E-state index contributed by atoms with van der Waals surface area (Å²) in [5.41, 5.74) is 1.27. The smallest absolute Gasteiger partial charge is 0.322 e. The monoisotopic (exact) mass is 382 g/mol. The molecule has 0 radical (unpaired) electrons. The molecule has 1 N–H and O–H groups in total. The Kier molecular flexibility index (Phi) is 7.03. The van der Waals surface area contributed by atoms with Gasteiger partial charge in [-0.05, 0) is 56.2 Å². The van der Waals surface area contributed by atoms with E-state index in [0.717, 1.165) is 25.2 Å². The Labute approximate surface area is 165 Å². The van der Waals surface area contributed by atoms with E-state index in [4.69, 9.17) is 9.47 Å². The molecule has 1 heterocycles. The highest BCUT2D eigenvalue weighted by Crippen LogP contribution is 2.16. The number of carbonyl (C=O) groups excluding carboxylic acids is 2. The Morgan fingerprint density at radius 3 is 2.54 bits per heavy atom. The van der Waals surface area contributed by atoms with Crippen LogP contribution in [0.15, 0.2) is 54.6 Å². The molecular weight excluding hydrogens is 356 g/mol.